The molecule has 0 unspecified atom stereocenters. The van der Waals surface area contributed by atoms with E-state index in [1.807, 2.05) is 31.6 Å². The van der Waals surface area contributed by atoms with Gasteiger partial charge in [0.2, 0.25) is 0 Å². The molecule has 3 aromatic rings. The molecule has 0 radical (unpaired) electrons. The highest BCUT2D eigenvalue weighted by Gasteiger charge is 2.26. The molecule has 3 heterocycles. The molecule has 7 nitrogen and oxygen atoms in total. The Morgan fingerprint density at radius 1 is 1.28 bits per heavy atom. The van der Waals surface area contributed by atoms with Crippen molar-refractivity contribution in [3.63, 3.8) is 0 Å². The summed E-state index contributed by atoms with van der Waals surface area (Å²) in [6.07, 6.45) is 8.25. The molecule has 0 N–H and O–H groups in total. The highest BCUT2D eigenvalue weighted by atomic mass is 16.5. The fourth-order valence-corrected chi connectivity index (χ4v) is 3.73. The van der Waals surface area contributed by atoms with Crippen molar-refractivity contribution in [3.05, 3.63) is 59.0 Å². The van der Waals surface area contributed by atoms with E-state index in [0.717, 1.165) is 25.8 Å². The maximum absolute atomic E-state index is 12.9. The van der Waals surface area contributed by atoms with Crippen LogP contribution in [0.1, 0.15) is 36.5 Å². The summed E-state index contributed by atoms with van der Waals surface area (Å²) in [6, 6.07) is 6.97. The summed E-state index contributed by atoms with van der Waals surface area (Å²) in [5, 5.41) is 0.715. The smallest absolute Gasteiger partial charge is 0.349 e. The molecule has 0 bridgehead atoms. The van der Waals surface area contributed by atoms with E-state index in [1.165, 1.54) is 0 Å². The quantitative estimate of drug-likeness (QED) is 0.598. The SMILES string of the molecule is CCCOc1ccc2cc(C(=O)N3CCC(Cn4ccnc4)CC3)c(=O)oc2c1. The number of amides is 1. The van der Waals surface area contributed by atoms with Crippen LogP contribution >= 0.6 is 0 Å². The second kappa shape index (κ2) is 8.51. The topological polar surface area (TPSA) is 77.6 Å². The predicted molar refractivity (Wildman–Crippen MR) is 109 cm³/mol. The second-order valence-corrected chi connectivity index (χ2v) is 7.49. The lowest BCUT2D eigenvalue weighted by Gasteiger charge is -2.32. The van der Waals surface area contributed by atoms with Crippen molar-refractivity contribution >= 4 is 16.9 Å². The van der Waals surface area contributed by atoms with Crippen LogP contribution in [0, 0.1) is 5.92 Å². The molecule has 7 heteroatoms. The van der Waals surface area contributed by atoms with Crippen LogP contribution in [0.2, 0.25) is 0 Å². The Labute approximate surface area is 168 Å². The zero-order valence-corrected chi connectivity index (χ0v) is 16.5. The van der Waals surface area contributed by atoms with E-state index in [9.17, 15) is 9.59 Å². The standard InChI is InChI=1S/C22H25N3O4/c1-2-11-28-18-4-3-17-12-19(22(27)29-20(17)13-18)21(26)25-8-5-16(6-9-25)14-24-10-7-23-15-24/h3-4,7,10,12-13,15-16H,2,5-6,8-9,11,14H2,1H3. The van der Waals surface area contributed by atoms with Gasteiger partial charge in [-0.2, -0.15) is 0 Å². The fourth-order valence-electron chi connectivity index (χ4n) is 3.73. The Hall–Kier alpha value is -3.09. The largest absolute Gasteiger partial charge is 0.493 e. The molecule has 152 valence electrons. The Balaban J connectivity index is 1.45. The predicted octanol–water partition coefficient (Wildman–Crippen LogP) is 3.33. The van der Waals surface area contributed by atoms with Gasteiger partial charge in [-0.25, -0.2) is 9.78 Å². The fraction of sp³-hybridized carbons (Fsp3) is 0.409. The molecule has 1 aliphatic rings. The van der Waals surface area contributed by atoms with Crippen LogP contribution < -0.4 is 10.4 Å². The summed E-state index contributed by atoms with van der Waals surface area (Å²) in [5.74, 6) is 0.900. The molecule has 1 amide bonds. The zero-order valence-electron chi connectivity index (χ0n) is 16.5. The number of carbonyl (C=O) groups excluding carboxylic acids is 1. The molecular formula is C22H25N3O4. The van der Waals surface area contributed by atoms with Gasteiger partial charge in [-0.3, -0.25) is 4.79 Å². The molecule has 0 spiro atoms. The maximum Gasteiger partial charge on any atom is 0.349 e. The molecule has 2 aromatic heterocycles. The van der Waals surface area contributed by atoms with Gasteiger partial charge in [0.25, 0.3) is 5.91 Å². The monoisotopic (exact) mass is 395 g/mol. The maximum atomic E-state index is 12.9. The Kier molecular flexibility index (Phi) is 5.64. The Morgan fingerprint density at radius 3 is 2.83 bits per heavy atom. The first-order valence-electron chi connectivity index (χ1n) is 10.1. The van der Waals surface area contributed by atoms with E-state index in [2.05, 4.69) is 9.55 Å². The molecule has 1 saturated heterocycles. The van der Waals surface area contributed by atoms with Crippen molar-refractivity contribution in [1.29, 1.82) is 0 Å². The number of hydrogen-bond acceptors (Lipinski definition) is 5. The summed E-state index contributed by atoms with van der Waals surface area (Å²) < 4.78 is 13.1. The van der Waals surface area contributed by atoms with Crippen molar-refractivity contribution in [3.8, 4) is 5.75 Å². The average Bonchev–Trinajstić information content (AvgIpc) is 3.24. The van der Waals surface area contributed by atoms with E-state index in [1.54, 1.807) is 23.2 Å². The third kappa shape index (κ3) is 4.34. The normalized spacial score (nSPS) is 15.0. The van der Waals surface area contributed by atoms with Crippen molar-refractivity contribution in [2.45, 2.75) is 32.7 Å². The summed E-state index contributed by atoms with van der Waals surface area (Å²) >= 11 is 0. The minimum Gasteiger partial charge on any atom is -0.493 e. The highest BCUT2D eigenvalue weighted by molar-refractivity contribution is 5.96. The minimum absolute atomic E-state index is 0.0905. The molecule has 1 aliphatic heterocycles. The molecule has 1 aromatic carbocycles. The van der Waals surface area contributed by atoms with Crippen LogP contribution in [0.4, 0.5) is 0 Å². The van der Waals surface area contributed by atoms with E-state index >= 15 is 0 Å². The van der Waals surface area contributed by atoms with Gasteiger partial charge < -0.3 is 18.6 Å². The van der Waals surface area contributed by atoms with Crippen molar-refractivity contribution < 1.29 is 13.9 Å². The second-order valence-electron chi connectivity index (χ2n) is 7.49. The van der Waals surface area contributed by atoms with Gasteiger partial charge in [-0.15, -0.1) is 0 Å². The zero-order chi connectivity index (χ0) is 20.2. The average molecular weight is 395 g/mol. The van der Waals surface area contributed by atoms with Crippen LogP contribution in [-0.2, 0) is 6.54 Å². The molecule has 4 rings (SSSR count). The van der Waals surface area contributed by atoms with Gasteiger partial charge in [0.1, 0.15) is 16.9 Å². The summed E-state index contributed by atoms with van der Waals surface area (Å²) in [6.45, 7) is 4.81. The number of nitrogens with zero attached hydrogens (tertiary/aromatic N) is 3. The first-order chi connectivity index (χ1) is 14.1. The number of imidazole rings is 1. The first kappa shape index (κ1) is 19.2. The van der Waals surface area contributed by atoms with Gasteiger partial charge in [0.05, 0.1) is 12.9 Å². The van der Waals surface area contributed by atoms with Gasteiger partial charge in [0, 0.05) is 43.5 Å². The lowest BCUT2D eigenvalue weighted by Crippen LogP contribution is -2.40. The molecular weight excluding hydrogens is 370 g/mol. The Morgan fingerprint density at radius 2 is 2.10 bits per heavy atom. The minimum atomic E-state index is -0.601. The van der Waals surface area contributed by atoms with Crippen LogP contribution in [-0.4, -0.2) is 40.1 Å². The lowest BCUT2D eigenvalue weighted by molar-refractivity contribution is 0.0679. The molecule has 1 fully saturated rings. The van der Waals surface area contributed by atoms with Crippen molar-refractivity contribution in [2.24, 2.45) is 5.92 Å². The van der Waals surface area contributed by atoms with Gasteiger partial charge in [0.15, 0.2) is 0 Å². The molecule has 0 saturated carbocycles. The number of benzene rings is 1. The van der Waals surface area contributed by atoms with Crippen LogP contribution in [0.3, 0.4) is 0 Å². The van der Waals surface area contributed by atoms with Gasteiger partial charge in [-0.1, -0.05) is 6.92 Å². The van der Waals surface area contributed by atoms with Gasteiger partial charge in [-0.05, 0) is 43.4 Å². The number of carbonyl (C=O) groups is 1. The van der Waals surface area contributed by atoms with Crippen molar-refractivity contribution in [1.82, 2.24) is 14.5 Å². The van der Waals surface area contributed by atoms with Crippen LogP contribution in [0.25, 0.3) is 11.0 Å². The Bertz CT molecular complexity index is 1030. The third-order valence-electron chi connectivity index (χ3n) is 5.34. The molecule has 0 atom stereocenters. The molecule has 29 heavy (non-hydrogen) atoms. The van der Waals surface area contributed by atoms with E-state index in [-0.39, 0.29) is 11.5 Å². The number of fused-ring (bicyclic) bond motifs is 1. The van der Waals surface area contributed by atoms with E-state index < -0.39 is 5.63 Å². The lowest BCUT2D eigenvalue weighted by atomic mass is 9.96. The third-order valence-corrected chi connectivity index (χ3v) is 5.34. The number of ether oxygens (including phenoxy) is 1. The summed E-state index contributed by atoms with van der Waals surface area (Å²) in [5.41, 5.74) is -0.0809. The number of likely N-dealkylation sites (tertiary alicyclic amines) is 1. The van der Waals surface area contributed by atoms with Crippen LogP contribution in [0.5, 0.6) is 5.75 Å². The van der Waals surface area contributed by atoms with E-state index in [0.29, 0.717) is 42.3 Å². The van der Waals surface area contributed by atoms with Crippen molar-refractivity contribution in [2.75, 3.05) is 19.7 Å². The number of aromatic nitrogens is 2. The molecule has 0 aliphatic carbocycles. The van der Waals surface area contributed by atoms with Gasteiger partial charge >= 0.3 is 5.63 Å². The number of hydrogen-bond donors (Lipinski definition) is 0. The summed E-state index contributed by atoms with van der Waals surface area (Å²) in [7, 11) is 0. The highest BCUT2D eigenvalue weighted by Crippen LogP contribution is 2.23. The summed E-state index contributed by atoms with van der Waals surface area (Å²) in [4.78, 5) is 31.2. The van der Waals surface area contributed by atoms with Crippen LogP contribution in [0.15, 0.2) is 52.2 Å². The number of piperidine rings is 1. The number of rotatable bonds is 6. The van der Waals surface area contributed by atoms with E-state index in [4.69, 9.17) is 9.15 Å². The first-order valence-corrected chi connectivity index (χ1v) is 10.1.